The van der Waals surface area contributed by atoms with E-state index in [4.69, 9.17) is 5.73 Å². The minimum absolute atomic E-state index is 0.356. The van der Waals surface area contributed by atoms with Gasteiger partial charge in [0.05, 0.1) is 5.60 Å². The van der Waals surface area contributed by atoms with E-state index >= 15 is 0 Å². The highest BCUT2D eigenvalue weighted by Crippen LogP contribution is 2.41. The second-order valence-electron chi connectivity index (χ2n) is 5.18. The molecular weight excluding hydrogens is 236 g/mol. The SMILES string of the molecule is Nc1nsc(N2CCC3(O)CCCCC3C2)n1. The van der Waals surface area contributed by atoms with Gasteiger partial charge in [-0.05, 0) is 19.3 Å². The van der Waals surface area contributed by atoms with Crippen LogP contribution in [0, 0.1) is 5.92 Å². The average molecular weight is 254 g/mol. The first-order valence-electron chi connectivity index (χ1n) is 6.24. The summed E-state index contributed by atoms with van der Waals surface area (Å²) >= 11 is 1.35. The Balaban J connectivity index is 1.75. The standard InChI is InChI=1S/C11H18N4OS/c12-9-13-10(17-14-9)15-6-5-11(16)4-2-1-3-8(11)7-15/h8,16H,1-7H2,(H2,12,14). The first-order chi connectivity index (χ1) is 8.17. The van der Waals surface area contributed by atoms with Crippen LogP contribution < -0.4 is 10.6 Å². The summed E-state index contributed by atoms with van der Waals surface area (Å²) in [5.41, 5.74) is 5.13. The molecule has 2 atom stereocenters. The Kier molecular flexibility index (Phi) is 2.71. The molecule has 1 aromatic heterocycles. The zero-order valence-electron chi connectivity index (χ0n) is 9.80. The fourth-order valence-corrected chi connectivity index (χ4v) is 3.73. The topological polar surface area (TPSA) is 75.3 Å². The molecule has 2 unspecified atom stereocenters. The van der Waals surface area contributed by atoms with Gasteiger partial charge in [-0.15, -0.1) is 0 Å². The first kappa shape index (κ1) is 11.2. The first-order valence-corrected chi connectivity index (χ1v) is 7.01. The second kappa shape index (κ2) is 4.10. The molecule has 3 N–H and O–H groups in total. The minimum Gasteiger partial charge on any atom is -0.389 e. The number of piperidine rings is 1. The quantitative estimate of drug-likeness (QED) is 0.789. The lowest BCUT2D eigenvalue weighted by molar-refractivity contribution is -0.0612. The van der Waals surface area contributed by atoms with E-state index in [1.165, 1.54) is 24.4 Å². The summed E-state index contributed by atoms with van der Waals surface area (Å²) < 4.78 is 4.02. The van der Waals surface area contributed by atoms with Crippen molar-refractivity contribution in [2.75, 3.05) is 23.7 Å². The monoisotopic (exact) mass is 254 g/mol. The van der Waals surface area contributed by atoms with Crippen molar-refractivity contribution in [2.45, 2.75) is 37.7 Å². The number of nitrogen functional groups attached to an aromatic ring is 1. The predicted molar refractivity (Wildman–Crippen MR) is 68.1 cm³/mol. The largest absolute Gasteiger partial charge is 0.389 e. The number of hydrogen-bond donors (Lipinski definition) is 2. The highest BCUT2D eigenvalue weighted by atomic mass is 32.1. The van der Waals surface area contributed by atoms with E-state index < -0.39 is 5.60 Å². The van der Waals surface area contributed by atoms with Crippen LogP contribution in [-0.2, 0) is 0 Å². The van der Waals surface area contributed by atoms with Crippen molar-refractivity contribution in [1.82, 2.24) is 9.36 Å². The highest BCUT2D eigenvalue weighted by molar-refractivity contribution is 7.09. The molecule has 0 radical (unpaired) electrons. The van der Waals surface area contributed by atoms with Crippen LogP contribution in [-0.4, -0.2) is 33.2 Å². The molecule has 2 fully saturated rings. The molecule has 1 aliphatic carbocycles. The van der Waals surface area contributed by atoms with Gasteiger partial charge in [0.25, 0.3) is 0 Å². The molecule has 0 bridgehead atoms. The van der Waals surface area contributed by atoms with Gasteiger partial charge >= 0.3 is 0 Å². The normalized spacial score (nSPS) is 33.5. The Morgan fingerprint density at radius 2 is 2.29 bits per heavy atom. The van der Waals surface area contributed by atoms with Gasteiger partial charge in [0.2, 0.25) is 11.1 Å². The Bertz CT molecular complexity index is 410. The van der Waals surface area contributed by atoms with E-state index in [0.29, 0.717) is 11.9 Å². The maximum Gasteiger partial charge on any atom is 0.233 e. The number of nitrogens with zero attached hydrogens (tertiary/aromatic N) is 3. The molecule has 2 heterocycles. The molecule has 1 saturated heterocycles. The van der Waals surface area contributed by atoms with Crippen LogP contribution in [0.2, 0.25) is 0 Å². The molecule has 94 valence electrons. The summed E-state index contributed by atoms with van der Waals surface area (Å²) in [6.07, 6.45) is 5.33. The van der Waals surface area contributed by atoms with Gasteiger partial charge in [-0.3, -0.25) is 0 Å². The molecule has 0 spiro atoms. The van der Waals surface area contributed by atoms with Gasteiger partial charge in [0, 0.05) is 30.5 Å². The molecule has 17 heavy (non-hydrogen) atoms. The van der Waals surface area contributed by atoms with Crippen molar-refractivity contribution in [3.8, 4) is 0 Å². The van der Waals surface area contributed by atoms with Crippen LogP contribution in [0.4, 0.5) is 11.1 Å². The minimum atomic E-state index is -0.426. The average Bonchev–Trinajstić information content (AvgIpc) is 2.75. The predicted octanol–water partition coefficient (Wildman–Crippen LogP) is 1.25. The fourth-order valence-electron chi connectivity index (χ4n) is 3.10. The van der Waals surface area contributed by atoms with Gasteiger partial charge in [0.15, 0.2) is 0 Å². The van der Waals surface area contributed by atoms with E-state index in [9.17, 15) is 5.11 Å². The summed E-state index contributed by atoms with van der Waals surface area (Å²) in [6.45, 7) is 1.76. The molecule has 5 nitrogen and oxygen atoms in total. The van der Waals surface area contributed by atoms with Crippen LogP contribution in [0.15, 0.2) is 0 Å². The molecule has 2 aliphatic rings. The lowest BCUT2D eigenvalue weighted by atomic mass is 9.71. The van der Waals surface area contributed by atoms with Gasteiger partial charge < -0.3 is 15.7 Å². The molecular formula is C11H18N4OS. The Morgan fingerprint density at radius 1 is 1.41 bits per heavy atom. The Morgan fingerprint density at radius 3 is 3.06 bits per heavy atom. The molecule has 6 heteroatoms. The van der Waals surface area contributed by atoms with E-state index in [1.54, 1.807) is 0 Å². The van der Waals surface area contributed by atoms with Crippen molar-refractivity contribution in [3.05, 3.63) is 0 Å². The molecule has 3 rings (SSSR count). The fraction of sp³-hybridized carbons (Fsp3) is 0.818. The summed E-state index contributed by atoms with van der Waals surface area (Å²) in [7, 11) is 0. The van der Waals surface area contributed by atoms with Crippen molar-refractivity contribution in [1.29, 1.82) is 0 Å². The summed E-state index contributed by atoms with van der Waals surface area (Å²) in [5.74, 6) is 0.740. The van der Waals surface area contributed by atoms with Crippen molar-refractivity contribution < 1.29 is 5.11 Å². The summed E-state index contributed by atoms with van der Waals surface area (Å²) in [6, 6.07) is 0. The van der Waals surface area contributed by atoms with Crippen LogP contribution in [0.25, 0.3) is 0 Å². The maximum atomic E-state index is 10.6. The Hall–Kier alpha value is -0.880. The number of rotatable bonds is 1. The molecule has 1 saturated carbocycles. The third-order valence-corrected chi connectivity index (χ3v) is 4.92. The maximum absolute atomic E-state index is 10.6. The van der Waals surface area contributed by atoms with Crippen LogP contribution in [0.5, 0.6) is 0 Å². The second-order valence-corrected chi connectivity index (χ2v) is 5.91. The van der Waals surface area contributed by atoms with E-state index in [-0.39, 0.29) is 0 Å². The number of hydrogen-bond acceptors (Lipinski definition) is 6. The zero-order chi connectivity index (χ0) is 11.9. The molecule has 0 amide bonds. The van der Waals surface area contributed by atoms with Crippen LogP contribution >= 0.6 is 11.5 Å². The number of aromatic nitrogens is 2. The summed E-state index contributed by atoms with van der Waals surface area (Å²) in [4.78, 5) is 6.44. The van der Waals surface area contributed by atoms with Crippen molar-refractivity contribution in [3.63, 3.8) is 0 Å². The summed E-state index contributed by atoms with van der Waals surface area (Å²) in [5, 5.41) is 11.5. The van der Waals surface area contributed by atoms with Gasteiger partial charge in [-0.1, -0.05) is 12.8 Å². The number of aliphatic hydroxyl groups is 1. The number of nitrogens with two attached hydrogens (primary N) is 1. The zero-order valence-corrected chi connectivity index (χ0v) is 10.6. The van der Waals surface area contributed by atoms with Crippen molar-refractivity contribution in [2.24, 2.45) is 5.92 Å². The third kappa shape index (κ3) is 1.99. The van der Waals surface area contributed by atoms with Crippen LogP contribution in [0.1, 0.15) is 32.1 Å². The van der Waals surface area contributed by atoms with E-state index in [2.05, 4.69) is 14.3 Å². The Labute approximate surface area is 105 Å². The van der Waals surface area contributed by atoms with E-state index in [1.807, 2.05) is 0 Å². The number of fused-ring (bicyclic) bond motifs is 1. The molecule has 0 aromatic carbocycles. The lowest BCUT2D eigenvalue weighted by Gasteiger charge is -2.47. The van der Waals surface area contributed by atoms with Crippen molar-refractivity contribution >= 4 is 22.6 Å². The highest BCUT2D eigenvalue weighted by Gasteiger charge is 2.43. The molecule has 1 aliphatic heterocycles. The van der Waals surface area contributed by atoms with Gasteiger partial charge in [0.1, 0.15) is 0 Å². The van der Waals surface area contributed by atoms with E-state index in [0.717, 1.165) is 37.5 Å². The van der Waals surface area contributed by atoms with Gasteiger partial charge in [-0.2, -0.15) is 9.36 Å². The number of anilines is 2. The van der Waals surface area contributed by atoms with Gasteiger partial charge in [-0.25, -0.2) is 0 Å². The van der Waals surface area contributed by atoms with Crippen LogP contribution in [0.3, 0.4) is 0 Å². The third-order valence-electron chi connectivity index (χ3n) is 4.13. The smallest absolute Gasteiger partial charge is 0.233 e. The molecule has 1 aromatic rings. The lowest BCUT2D eigenvalue weighted by Crippen LogP contribution is -2.53.